The van der Waals surface area contributed by atoms with Gasteiger partial charge >= 0.3 is 5.97 Å². The minimum atomic E-state index is -0.833. The van der Waals surface area contributed by atoms with Crippen LogP contribution in [0.5, 0.6) is 0 Å². The number of carbonyl (C=O) groups is 2. The molecule has 0 heterocycles. The van der Waals surface area contributed by atoms with E-state index in [1.54, 1.807) is 0 Å². The number of hydrogen-bond acceptors (Lipinski definition) is 4. The number of ether oxygens (including phenoxy) is 1. The Morgan fingerprint density at radius 3 is 2.44 bits per heavy atom. The van der Waals surface area contributed by atoms with Gasteiger partial charge in [0.15, 0.2) is 0 Å². The molecule has 0 spiro atoms. The Kier molecular flexibility index (Phi) is 6.87. The Morgan fingerprint density at radius 1 is 1.50 bits per heavy atom. The van der Waals surface area contributed by atoms with Gasteiger partial charge in [-0.1, -0.05) is 18.2 Å². The molecule has 0 saturated heterocycles. The summed E-state index contributed by atoms with van der Waals surface area (Å²) in [6.45, 7) is 1.08. The van der Waals surface area contributed by atoms with Gasteiger partial charge in [0.25, 0.3) is 5.97 Å². The van der Waals surface area contributed by atoms with Crippen molar-refractivity contribution in [3.8, 4) is 0 Å². The van der Waals surface area contributed by atoms with Gasteiger partial charge in [0.2, 0.25) is 0 Å². The fourth-order valence-electron chi connectivity index (χ4n) is 1.15. The molecule has 1 aliphatic rings. The van der Waals surface area contributed by atoms with Gasteiger partial charge < -0.3 is 15.6 Å². The van der Waals surface area contributed by atoms with Crippen molar-refractivity contribution in [2.75, 3.05) is 7.11 Å². The number of carboxylic acids is 1. The molecule has 0 aromatic carbocycles. The fraction of sp³-hybridized carbons (Fsp3) is 0.455. The molecule has 90 valence electrons. The topological polar surface area (TPSA) is 89.6 Å². The molecule has 5 nitrogen and oxygen atoms in total. The number of allylic oxidation sites excluding steroid dienone is 3. The van der Waals surface area contributed by atoms with Crippen molar-refractivity contribution in [3.05, 3.63) is 23.8 Å². The maximum atomic E-state index is 11.0. The first-order valence-electron chi connectivity index (χ1n) is 4.86. The Hall–Kier alpha value is -1.62. The summed E-state index contributed by atoms with van der Waals surface area (Å²) in [6, 6.07) is -0.583. The summed E-state index contributed by atoms with van der Waals surface area (Å²) in [7, 11) is 1.35. The van der Waals surface area contributed by atoms with E-state index >= 15 is 0 Å². The second-order valence-corrected chi connectivity index (χ2v) is 3.21. The number of aliphatic carboxylic acids is 1. The van der Waals surface area contributed by atoms with Crippen LogP contribution < -0.4 is 5.73 Å². The van der Waals surface area contributed by atoms with Gasteiger partial charge in [0, 0.05) is 6.92 Å². The van der Waals surface area contributed by atoms with Gasteiger partial charge in [-0.3, -0.25) is 9.59 Å². The smallest absolute Gasteiger partial charge is 0.326 e. The Morgan fingerprint density at radius 2 is 2.06 bits per heavy atom. The first-order chi connectivity index (χ1) is 7.49. The van der Waals surface area contributed by atoms with Crippen LogP contribution in [0.4, 0.5) is 0 Å². The average molecular weight is 227 g/mol. The van der Waals surface area contributed by atoms with Gasteiger partial charge in [-0.15, -0.1) is 0 Å². The summed E-state index contributed by atoms with van der Waals surface area (Å²) in [4.78, 5) is 20.0. The van der Waals surface area contributed by atoms with Crippen molar-refractivity contribution in [1.29, 1.82) is 0 Å². The van der Waals surface area contributed by atoms with Crippen molar-refractivity contribution < 1.29 is 19.4 Å². The predicted molar refractivity (Wildman–Crippen MR) is 59.8 cm³/mol. The van der Waals surface area contributed by atoms with E-state index in [2.05, 4.69) is 4.74 Å². The molecule has 16 heavy (non-hydrogen) atoms. The zero-order valence-corrected chi connectivity index (χ0v) is 9.47. The van der Waals surface area contributed by atoms with E-state index in [1.807, 2.05) is 18.2 Å². The van der Waals surface area contributed by atoms with E-state index in [1.165, 1.54) is 7.11 Å². The molecule has 1 atom stereocenters. The van der Waals surface area contributed by atoms with Crippen molar-refractivity contribution in [3.63, 3.8) is 0 Å². The molecule has 3 N–H and O–H groups in total. The van der Waals surface area contributed by atoms with Crippen molar-refractivity contribution >= 4 is 11.9 Å². The SMILES string of the molecule is CC(=O)O.COC(=O)[C@H](N)C1=CCC=CC1. The van der Waals surface area contributed by atoms with Crippen LogP contribution in [0.2, 0.25) is 0 Å². The number of rotatable bonds is 2. The highest BCUT2D eigenvalue weighted by Gasteiger charge is 2.18. The molecule has 5 heteroatoms. The highest BCUT2D eigenvalue weighted by atomic mass is 16.5. The Labute approximate surface area is 94.6 Å². The lowest BCUT2D eigenvalue weighted by Crippen LogP contribution is -2.33. The number of nitrogens with two attached hydrogens (primary N) is 1. The van der Waals surface area contributed by atoms with Gasteiger partial charge in [-0.2, -0.15) is 0 Å². The van der Waals surface area contributed by atoms with Crippen LogP contribution in [0.3, 0.4) is 0 Å². The molecule has 0 bridgehead atoms. The van der Waals surface area contributed by atoms with Crippen LogP contribution in [-0.2, 0) is 14.3 Å². The minimum absolute atomic E-state index is 0.364. The van der Waals surface area contributed by atoms with E-state index in [0.717, 1.165) is 25.3 Å². The number of methoxy groups -OCH3 is 1. The van der Waals surface area contributed by atoms with E-state index in [9.17, 15) is 4.79 Å². The van der Waals surface area contributed by atoms with Crippen LogP contribution in [-0.4, -0.2) is 30.2 Å². The zero-order chi connectivity index (χ0) is 12.6. The average Bonchev–Trinajstić information content (AvgIpc) is 2.27. The zero-order valence-electron chi connectivity index (χ0n) is 9.47. The van der Waals surface area contributed by atoms with Crippen LogP contribution in [0.1, 0.15) is 19.8 Å². The molecule has 1 aliphatic carbocycles. The van der Waals surface area contributed by atoms with Gasteiger partial charge in [0.1, 0.15) is 6.04 Å². The quantitative estimate of drug-likeness (QED) is 0.539. The number of hydrogen-bond donors (Lipinski definition) is 2. The molecule has 0 aliphatic heterocycles. The number of carboxylic acid groups (broad SMARTS) is 1. The summed E-state index contributed by atoms with van der Waals surface area (Å²) in [5, 5.41) is 7.42. The molecule has 0 fully saturated rings. The van der Waals surface area contributed by atoms with E-state index in [-0.39, 0.29) is 5.97 Å². The standard InChI is InChI=1S/C9H13NO2.C2H4O2/c1-12-9(11)8(10)7-5-3-2-4-6-7;1-2(3)4/h2-3,6,8H,4-5,10H2,1H3;1H3,(H,3,4)/t8-;/m1./s1. The molecule has 0 aromatic heterocycles. The molecule has 0 unspecified atom stereocenters. The lowest BCUT2D eigenvalue weighted by molar-refractivity contribution is -0.141. The van der Waals surface area contributed by atoms with Crippen molar-refractivity contribution in [2.24, 2.45) is 5.73 Å². The summed E-state index contributed by atoms with van der Waals surface area (Å²) in [6.07, 6.45) is 7.66. The molecule has 0 amide bonds. The summed E-state index contributed by atoms with van der Waals surface area (Å²) in [5.41, 5.74) is 6.57. The summed E-state index contributed by atoms with van der Waals surface area (Å²) in [5.74, 6) is -1.20. The second kappa shape index (κ2) is 7.64. The molecule has 1 rings (SSSR count). The van der Waals surface area contributed by atoms with Gasteiger partial charge in [0.05, 0.1) is 7.11 Å². The van der Waals surface area contributed by atoms with Gasteiger partial charge in [-0.05, 0) is 18.4 Å². The third-order valence-electron chi connectivity index (χ3n) is 1.89. The lowest BCUT2D eigenvalue weighted by Gasteiger charge is -2.14. The molecular formula is C11H17NO4. The number of carbonyl (C=O) groups excluding carboxylic acids is 1. The highest BCUT2D eigenvalue weighted by Crippen LogP contribution is 2.14. The van der Waals surface area contributed by atoms with E-state index in [4.69, 9.17) is 15.6 Å². The van der Waals surface area contributed by atoms with E-state index < -0.39 is 12.0 Å². The van der Waals surface area contributed by atoms with Gasteiger partial charge in [-0.25, -0.2) is 0 Å². The monoisotopic (exact) mass is 227 g/mol. The molecule has 0 aromatic rings. The highest BCUT2D eigenvalue weighted by molar-refractivity contribution is 5.79. The van der Waals surface area contributed by atoms with Crippen LogP contribution >= 0.6 is 0 Å². The molecule has 0 saturated carbocycles. The third kappa shape index (κ3) is 5.98. The number of esters is 1. The largest absolute Gasteiger partial charge is 0.481 e. The second-order valence-electron chi connectivity index (χ2n) is 3.21. The maximum Gasteiger partial charge on any atom is 0.326 e. The minimum Gasteiger partial charge on any atom is -0.481 e. The maximum absolute atomic E-state index is 11.0. The first kappa shape index (κ1) is 14.4. The van der Waals surface area contributed by atoms with Crippen LogP contribution in [0.25, 0.3) is 0 Å². The Bertz CT molecular complexity index is 303. The summed E-state index contributed by atoms with van der Waals surface area (Å²) < 4.78 is 4.54. The van der Waals surface area contributed by atoms with Crippen molar-refractivity contribution in [1.82, 2.24) is 0 Å². The lowest BCUT2D eigenvalue weighted by atomic mass is 9.99. The normalized spacial score (nSPS) is 15.3. The van der Waals surface area contributed by atoms with Crippen LogP contribution in [0, 0.1) is 0 Å². The Balaban J connectivity index is 0.000000487. The fourth-order valence-corrected chi connectivity index (χ4v) is 1.15. The first-order valence-corrected chi connectivity index (χ1v) is 4.86. The summed E-state index contributed by atoms with van der Waals surface area (Å²) >= 11 is 0. The van der Waals surface area contributed by atoms with Crippen LogP contribution in [0.15, 0.2) is 23.8 Å². The van der Waals surface area contributed by atoms with E-state index in [0.29, 0.717) is 0 Å². The van der Waals surface area contributed by atoms with Crippen molar-refractivity contribution in [2.45, 2.75) is 25.8 Å². The predicted octanol–water partition coefficient (Wildman–Crippen LogP) is 0.854. The molecule has 0 radical (unpaired) electrons. The molecular weight excluding hydrogens is 210 g/mol. The third-order valence-corrected chi connectivity index (χ3v) is 1.89.